The van der Waals surface area contributed by atoms with Crippen LogP contribution in [0.5, 0.6) is 5.75 Å². The van der Waals surface area contributed by atoms with Crippen LogP contribution in [-0.2, 0) is 4.74 Å². The Labute approximate surface area is 103 Å². The maximum Gasteiger partial charge on any atom is 0.119 e. The van der Waals surface area contributed by atoms with Crippen molar-refractivity contribution in [3.63, 3.8) is 0 Å². The highest BCUT2D eigenvalue weighted by Gasteiger charge is 2.02. The standard InChI is InChI=1S/C14H22O3/c1-3-12(2)13-4-6-14(7-5-13)17-11-10-16-9-8-15/h4-7,12,15H,3,8-11H2,1-2H3. The minimum Gasteiger partial charge on any atom is -0.491 e. The molecule has 3 nitrogen and oxygen atoms in total. The van der Waals surface area contributed by atoms with Crippen LogP contribution in [0.3, 0.4) is 0 Å². The molecule has 0 fully saturated rings. The van der Waals surface area contributed by atoms with Crippen LogP contribution in [0.15, 0.2) is 24.3 Å². The predicted octanol–water partition coefficient (Wildman–Crippen LogP) is 2.59. The summed E-state index contributed by atoms with van der Waals surface area (Å²) in [6.07, 6.45) is 1.15. The maximum atomic E-state index is 8.52. The fourth-order valence-corrected chi connectivity index (χ4v) is 1.51. The second-order valence-electron chi connectivity index (χ2n) is 4.06. The van der Waals surface area contributed by atoms with Crippen molar-refractivity contribution >= 4 is 0 Å². The summed E-state index contributed by atoms with van der Waals surface area (Å²) in [6.45, 7) is 5.86. The van der Waals surface area contributed by atoms with Gasteiger partial charge in [0.2, 0.25) is 0 Å². The number of aliphatic hydroxyl groups excluding tert-OH is 1. The van der Waals surface area contributed by atoms with Gasteiger partial charge in [-0.25, -0.2) is 0 Å². The molecule has 17 heavy (non-hydrogen) atoms. The van der Waals surface area contributed by atoms with E-state index in [2.05, 4.69) is 26.0 Å². The molecule has 0 aliphatic heterocycles. The van der Waals surface area contributed by atoms with Gasteiger partial charge in [0.15, 0.2) is 0 Å². The second-order valence-corrected chi connectivity index (χ2v) is 4.06. The molecule has 0 bridgehead atoms. The van der Waals surface area contributed by atoms with Crippen molar-refractivity contribution in [3.8, 4) is 5.75 Å². The monoisotopic (exact) mass is 238 g/mol. The van der Waals surface area contributed by atoms with E-state index in [1.54, 1.807) is 0 Å². The Balaban J connectivity index is 2.30. The van der Waals surface area contributed by atoms with Crippen molar-refractivity contribution in [2.75, 3.05) is 26.4 Å². The molecule has 0 spiro atoms. The molecule has 1 rings (SSSR count). The van der Waals surface area contributed by atoms with E-state index in [9.17, 15) is 0 Å². The number of benzene rings is 1. The maximum absolute atomic E-state index is 8.52. The molecular formula is C14H22O3. The molecule has 0 aliphatic carbocycles. The van der Waals surface area contributed by atoms with Gasteiger partial charge < -0.3 is 14.6 Å². The van der Waals surface area contributed by atoms with Gasteiger partial charge in [0.1, 0.15) is 12.4 Å². The lowest BCUT2D eigenvalue weighted by atomic mass is 9.99. The van der Waals surface area contributed by atoms with Crippen LogP contribution in [0.2, 0.25) is 0 Å². The molecule has 3 heteroatoms. The van der Waals surface area contributed by atoms with Gasteiger partial charge in [-0.3, -0.25) is 0 Å². The number of hydrogen-bond donors (Lipinski definition) is 1. The van der Waals surface area contributed by atoms with Gasteiger partial charge in [-0.1, -0.05) is 26.0 Å². The lowest BCUT2D eigenvalue weighted by molar-refractivity contribution is 0.0705. The molecule has 0 saturated carbocycles. The fraction of sp³-hybridized carbons (Fsp3) is 0.571. The highest BCUT2D eigenvalue weighted by Crippen LogP contribution is 2.21. The van der Waals surface area contributed by atoms with Crippen LogP contribution in [-0.4, -0.2) is 31.5 Å². The van der Waals surface area contributed by atoms with E-state index in [0.29, 0.717) is 25.7 Å². The van der Waals surface area contributed by atoms with Crippen LogP contribution >= 0.6 is 0 Å². The minimum atomic E-state index is 0.0591. The summed E-state index contributed by atoms with van der Waals surface area (Å²) < 4.78 is 10.6. The molecule has 0 radical (unpaired) electrons. The number of rotatable bonds is 8. The van der Waals surface area contributed by atoms with E-state index >= 15 is 0 Å². The van der Waals surface area contributed by atoms with Gasteiger partial charge in [0, 0.05) is 0 Å². The summed E-state index contributed by atoms with van der Waals surface area (Å²) in [6, 6.07) is 8.21. The summed E-state index contributed by atoms with van der Waals surface area (Å²) in [5.74, 6) is 1.46. The molecule has 96 valence electrons. The van der Waals surface area contributed by atoms with Gasteiger partial charge >= 0.3 is 0 Å². The summed E-state index contributed by atoms with van der Waals surface area (Å²) in [5.41, 5.74) is 1.34. The zero-order valence-corrected chi connectivity index (χ0v) is 10.7. The molecule has 1 N–H and O–H groups in total. The summed E-state index contributed by atoms with van der Waals surface area (Å²) in [4.78, 5) is 0. The highest BCUT2D eigenvalue weighted by molar-refractivity contribution is 5.29. The van der Waals surface area contributed by atoms with E-state index in [0.717, 1.165) is 12.2 Å². The SMILES string of the molecule is CCC(C)c1ccc(OCCOCCO)cc1. The van der Waals surface area contributed by atoms with Gasteiger partial charge in [0.25, 0.3) is 0 Å². The molecule has 0 saturated heterocycles. The molecule has 0 aliphatic rings. The third kappa shape index (κ3) is 5.20. The summed E-state index contributed by atoms with van der Waals surface area (Å²) in [7, 11) is 0. The lowest BCUT2D eigenvalue weighted by Gasteiger charge is -2.10. The molecule has 1 unspecified atom stereocenters. The highest BCUT2D eigenvalue weighted by atomic mass is 16.5. The predicted molar refractivity (Wildman–Crippen MR) is 68.5 cm³/mol. The first kappa shape index (κ1) is 14.0. The van der Waals surface area contributed by atoms with Crippen LogP contribution in [0.25, 0.3) is 0 Å². The molecule has 1 aromatic rings. The largest absolute Gasteiger partial charge is 0.491 e. The van der Waals surface area contributed by atoms with Crippen molar-refractivity contribution < 1.29 is 14.6 Å². The van der Waals surface area contributed by atoms with E-state index < -0.39 is 0 Å². The van der Waals surface area contributed by atoms with Gasteiger partial charge in [-0.05, 0) is 30.0 Å². The smallest absolute Gasteiger partial charge is 0.119 e. The second kappa shape index (κ2) is 8.09. The molecule has 0 aromatic heterocycles. The topological polar surface area (TPSA) is 38.7 Å². The Hall–Kier alpha value is -1.06. The lowest BCUT2D eigenvalue weighted by Crippen LogP contribution is -2.09. The average molecular weight is 238 g/mol. The Morgan fingerprint density at radius 2 is 1.82 bits per heavy atom. The number of ether oxygens (including phenoxy) is 2. The van der Waals surface area contributed by atoms with Crippen LogP contribution < -0.4 is 4.74 Å². The Kier molecular flexibility index (Phi) is 6.67. The first-order valence-corrected chi connectivity index (χ1v) is 6.19. The first-order valence-electron chi connectivity index (χ1n) is 6.19. The summed E-state index contributed by atoms with van der Waals surface area (Å²) >= 11 is 0. The molecule has 0 heterocycles. The molecule has 1 aromatic carbocycles. The summed E-state index contributed by atoms with van der Waals surface area (Å²) in [5, 5.41) is 8.52. The van der Waals surface area contributed by atoms with E-state index in [1.807, 2.05) is 12.1 Å². The zero-order chi connectivity index (χ0) is 12.5. The Bertz CT molecular complexity index is 295. The van der Waals surface area contributed by atoms with Gasteiger partial charge in [0.05, 0.1) is 19.8 Å². The van der Waals surface area contributed by atoms with E-state index in [4.69, 9.17) is 14.6 Å². The van der Waals surface area contributed by atoms with Crippen molar-refractivity contribution in [2.45, 2.75) is 26.2 Å². The van der Waals surface area contributed by atoms with E-state index in [-0.39, 0.29) is 6.61 Å². The number of aliphatic hydroxyl groups is 1. The van der Waals surface area contributed by atoms with Crippen molar-refractivity contribution in [3.05, 3.63) is 29.8 Å². The quantitative estimate of drug-likeness (QED) is 0.707. The third-order valence-corrected chi connectivity index (χ3v) is 2.79. The normalized spacial score (nSPS) is 12.4. The Morgan fingerprint density at radius 1 is 1.12 bits per heavy atom. The van der Waals surface area contributed by atoms with Crippen molar-refractivity contribution in [2.24, 2.45) is 0 Å². The minimum absolute atomic E-state index is 0.0591. The van der Waals surface area contributed by atoms with Crippen LogP contribution in [0, 0.1) is 0 Å². The molecule has 1 atom stereocenters. The first-order chi connectivity index (χ1) is 8.27. The Morgan fingerprint density at radius 3 is 2.41 bits per heavy atom. The molecular weight excluding hydrogens is 216 g/mol. The zero-order valence-electron chi connectivity index (χ0n) is 10.7. The van der Waals surface area contributed by atoms with Gasteiger partial charge in [-0.2, -0.15) is 0 Å². The van der Waals surface area contributed by atoms with Crippen LogP contribution in [0.4, 0.5) is 0 Å². The van der Waals surface area contributed by atoms with Crippen LogP contribution in [0.1, 0.15) is 31.7 Å². The van der Waals surface area contributed by atoms with Gasteiger partial charge in [-0.15, -0.1) is 0 Å². The third-order valence-electron chi connectivity index (χ3n) is 2.79. The van der Waals surface area contributed by atoms with Crippen molar-refractivity contribution in [1.82, 2.24) is 0 Å². The van der Waals surface area contributed by atoms with Crippen molar-refractivity contribution in [1.29, 1.82) is 0 Å². The average Bonchev–Trinajstić information content (AvgIpc) is 2.38. The number of hydrogen-bond acceptors (Lipinski definition) is 3. The van der Waals surface area contributed by atoms with E-state index in [1.165, 1.54) is 5.56 Å². The fourth-order valence-electron chi connectivity index (χ4n) is 1.51. The molecule has 0 amide bonds.